The summed E-state index contributed by atoms with van der Waals surface area (Å²) in [6.45, 7) is 4.89. The number of aryl methyl sites for hydroxylation is 2. The maximum Gasteiger partial charge on any atom is 0.268 e. The van der Waals surface area contributed by atoms with E-state index in [1.54, 1.807) is 18.2 Å². The van der Waals surface area contributed by atoms with E-state index in [0.29, 0.717) is 29.7 Å². The molecule has 0 aliphatic rings. The van der Waals surface area contributed by atoms with Crippen LogP contribution < -0.4 is 14.8 Å². The number of carbonyl (C=O) groups excluding carboxylic acids is 1. The van der Waals surface area contributed by atoms with Crippen molar-refractivity contribution < 1.29 is 14.3 Å². The highest BCUT2D eigenvalue weighted by Gasteiger charge is 2.13. The van der Waals surface area contributed by atoms with Gasteiger partial charge in [-0.25, -0.2) is 0 Å². The molecule has 1 amide bonds. The minimum absolute atomic E-state index is 0.0276. The van der Waals surface area contributed by atoms with Gasteiger partial charge < -0.3 is 9.47 Å². The number of benzene rings is 2. The SMILES string of the molecule is CCCCc1nnc(NC(=O)C(C#N)=Cc2cccc(OCCOc3ccc(C)cc3)c2)s1. The third-order valence-electron chi connectivity index (χ3n) is 4.61. The smallest absolute Gasteiger partial charge is 0.268 e. The third kappa shape index (κ3) is 7.74. The summed E-state index contributed by atoms with van der Waals surface area (Å²) in [5.41, 5.74) is 1.83. The van der Waals surface area contributed by atoms with Gasteiger partial charge in [0.25, 0.3) is 5.91 Å². The number of anilines is 1. The van der Waals surface area contributed by atoms with E-state index in [1.165, 1.54) is 23.0 Å². The van der Waals surface area contributed by atoms with Crippen molar-refractivity contribution in [1.82, 2.24) is 10.2 Å². The lowest BCUT2D eigenvalue weighted by atomic mass is 10.1. The van der Waals surface area contributed by atoms with Crippen LogP contribution in [0.2, 0.25) is 0 Å². The van der Waals surface area contributed by atoms with E-state index < -0.39 is 5.91 Å². The Morgan fingerprint density at radius 2 is 1.88 bits per heavy atom. The van der Waals surface area contributed by atoms with Crippen molar-refractivity contribution in [2.45, 2.75) is 33.1 Å². The largest absolute Gasteiger partial charge is 0.490 e. The molecule has 0 radical (unpaired) electrons. The van der Waals surface area contributed by atoms with Gasteiger partial charge in [-0.1, -0.05) is 54.5 Å². The van der Waals surface area contributed by atoms with Gasteiger partial charge in [0, 0.05) is 6.42 Å². The Balaban J connectivity index is 1.55. The van der Waals surface area contributed by atoms with Gasteiger partial charge in [0.1, 0.15) is 41.4 Å². The Bertz CT molecular complexity index is 1130. The van der Waals surface area contributed by atoms with Gasteiger partial charge in [0.05, 0.1) is 0 Å². The lowest BCUT2D eigenvalue weighted by molar-refractivity contribution is -0.112. The van der Waals surface area contributed by atoms with E-state index in [9.17, 15) is 10.1 Å². The molecule has 2 aromatic carbocycles. The summed E-state index contributed by atoms with van der Waals surface area (Å²) in [5.74, 6) is 0.894. The molecule has 0 fully saturated rings. The minimum atomic E-state index is -0.520. The molecule has 1 N–H and O–H groups in total. The summed E-state index contributed by atoms with van der Waals surface area (Å²) >= 11 is 1.33. The van der Waals surface area contributed by atoms with Crippen LogP contribution in [0.5, 0.6) is 11.5 Å². The molecule has 0 unspecified atom stereocenters. The van der Waals surface area contributed by atoms with E-state index >= 15 is 0 Å². The first kappa shape index (κ1) is 24.0. The summed E-state index contributed by atoms with van der Waals surface area (Å²) < 4.78 is 11.4. The lowest BCUT2D eigenvalue weighted by Crippen LogP contribution is -2.13. The number of nitrogens with zero attached hydrogens (tertiary/aromatic N) is 3. The number of ether oxygens (including phenoxy) is 2. The van der Waals surface area contributed by atoms with Gasteiger partial charge in [-0.3, -0.25) is 10.1 Å². The van der Waals surface area contributed by atoms with Crippen LogP contribution in [0, 0.1) is 18.3 Å². The van der Waals surface area contributed by atoms with Crippen LogP contribution in [0.25, 0.3) is 6.08 Å². The fourth-order valence-electron chi connectivity index (χ4n) is 2.86. The van der Waals surface area contributed by atoms with Gasteiger partial charge in [-0.15, -0.1) is 10.2 Å². The van der Waals surface area contributed by atoms with Crippen molar-refractivity contribution in [3.63, 3.8) is 0 Å². The van der Waals surface area contributed by atoms with E-state index in [0.717, 1.165) is 30.0 Å². The third-order valence-corrected chi connectivity index (χ3v) is 5.51. The number of unbranched alkanes of at least 4 members (excludes halogenated alkanes) is 1. The van der Waals surface area contributed by atoms with Crippen LogP contribution in [0.3, 0.4) is 0 Å². The molecule has 0 aliphatic carbocycles. The van der Waals surface area contributed by atoms with Crippen LogP contribution in [0.15, 0.2) is 54.1 Å². The number of nitrogens with one attached hydrogen (secondary N) is 1. The first-order chi connectivity index (χ1) is 16.1. The van der Waals surface area contributed by atoms with E-state index in [1.807, 2.05) is 43.3 Å². The predicted octanol–water partition coefficient (Wildman–Crippen LogP) is 5.19. The minimum Gasteiger partial charge on any atom is -0.490 e. The van der Waals surface area contributed by atoms with Gasteiger partial charge in [0.15, 0.2) is 0 Å². The molecule has 0 saturated heterocycles. The van der Waals surface area contributed by atoms with Crippen molar-refractivity contribution in [1.29, 1.82) is 5.26 Å². The Hall–Kier alpha value is -3.70. The summed E-state index contributed by atoms with van der Waals surface area (Å²) in [4.78, 5) is 12.5. The van der Waals surface area contributed by atoms with Crippen molar-refractivity contribution in [2.75, 3.05) is 18.5 Å². The Morgan fingerprint density at radius 1 is 1.12 bits per heavy atom. The van der Waals surface area contributed by atoms with Gasteiger partial charge in [-0.2, -0.15) is 5.26 Å². The molecule has 0 saturated carbocycles. The van der Waals surface area contributed by atoms with Gasteiger partial charge in [0.2, 0.25) is 5.13 Å². The topological polar surface area (TPSA) is 97.1 Å². The summed E-state index contributed by atoms with van der Waals surface area (Å²) in [5, 5.41) is 21.4. The molecule has 8 heteroatoms. The predicted molar refractivity (Wildman–Crippen MR) is 129 cm³/mol. The van der Waals surface area contributed by atoms with Crippen LogP contribution in [0.1, 0.15) is 35.9 Å². The highest BCUT2D eigenvalue weighted by atomic mass is 32.1. The van der Waals surface area contributed by atoms with Crippen LogP contribution in [-0.4, -0.2) is 29.3 Å². The molecule has 0 bridgehead atoms. The zero-order valence-electron chi connectivity index (χ0n) is 18.7. The van der Waals surface area contributed by atoms with Gasteiger partial charge in [-0.05, 0) is 49.2 Å². The number of carbonyl (C=O) groups is 1. The highest BCUT2D eigenvalue weighted by molar-refractivity contribution is 7.15. The molecular formula is C25H26N4O3S. The molecule has 33 heavy (non-hydrogen) atoms. The van der Waals surface area contributed by atoms with E-state index in [2.05, 4.69) is 22.4 Å². The second-order valence-corrected chi connectivity index (χ2v) is 8.37. The Morgan fingerprint density at radius 3 is 2.61 bits per heavy atom. The quantitative estimate of drug-likeness (QED) is 0.239. The molecule has 0 atom stereocenters. The first-order valence-corrected chi connectivity index (χ1v) is 11.6. The molecular weight excluding hydrogens is 436 g/mol. The molecule has 1 heterocycles. The second kappa shape index (κ2) is 12.4. The fraction of sp³-hybridized carbons (Fsp3) is 0.280. The fourth-order valence-corrected chi connectivity index (χ4v) is 3.64. The number of aromatic nitrogens is 2. The molecule has 0 spiro atoms. The van der Waals surface area contributed by atoms with Crippen molar-refractivity contribution in [3.8, 4) is 17.6 Å². The number of amides is 1. The van der Waals surface area contributed by atoms with E-state index in [-0.39, 0.29) is 5.57 Å². The summed E-state index contributed by atoms with van der Waals surface area (Å²) in [6, 6.07) is 17.0. The van der Waals surface area contributed by atoms with Crippen molar-refractivity contribution >= 4 is 28.5 Å². The first-order valence-electron chi connectivity index (χ1n) is 10.7. The normalized spacial score (nSPS) is 11.0. The molecule has 0 aliphatic heterocycles. The van der Waals surface area contributed by atoms with Crippen LogP contribution in [-0.2, 0) is 11.2 Å². The summed E-state index contributed by atoms with van der Waals surface area (Å²) in [7, 11) is 0. The van der Waals surface area contributed by atoms with Crippen LogP contribution >= 0.6 is 11.3 Å². The molecule has 1 aromatic heterocycles. The molecule has 3 aromatic rings. The highest BCUT2D eigenvalue weighted by Crippen LogP contribution is 2.20. The average molecular weight is 463 g/mol. The Labute approximate surface area is 197 Å². The zero-order valence-corrected chi connectivity index (χ0v) is 19.5. The number of hydrogen-bond acceptors (Lipinski definition) is 7. The maximum absolute atomic E-state index is 12.5. The lowest BCUT2D eigenvalue weighted by Gasteiger charge is -2.09. The van der Waals surface area contributed by atoms with Crippen molar-refractivity contribution in [3.05, 3.63) is 70.2 Å². The van der Waals surface area contributed by atoms with Crippen LogP contribution in [0.4, 0.5) is 5.13 Å². The number of rotatable bonds is 11. The molecule has 7 nitrogen and oxygen atoms in total. The molecule has 170 valence electrons. The van der Waals surface area contributed by atoms with E-state index in [4.69, 9.17) is 9.47 Å². The Kier molecular flexibility index (Phi) is 8.98. The second-order valence-electron chi connectivity index (χ2n) is 7.31. The summed E-state index contributed by atoms with van der Waals surface area (Å²) in [6.07, 6.45) is 4.42. The van der Waals surface area contributed by atoms with Gasteiger partial charge >= 0.3 is 0 Å². The standard InChI is InChI=1S/C25H26N4O3S/c1-3-4-8-23-28-29-25(33-23)27-24(30)20(17-26)15-19-6-5-7-22(16-19)32-14-13-31-21-11-9-18(2)10-12-21/h5-7,9-12,15-16H,3-4,8,13-14H2,1-2H3,(H,27,29,30). The number of hydrogen-bond donors (Lipinski definition) is 1. The average Bonchev–Trinajstić information content (AvgIpc) is 3.27. The number of nitriles is 1. The zero-order chi connectivity index (χ0) is 23.5. The maximum atomic E-state index is 12.5. The van der Waals surface area contributed by atoms with Crippen molar-refractivity contribution in [2.24, 2.45) is 0 Å². The molecule has 3 rings (SSSR count). The monoisotopic (exact) mass is 462 g/mol.